The molecule has 2 N–H and O–H groups in total. The van der Waals surface area contributed by atoms with Crippen molar-refractivity contribution in [1.29, 1.82) is 0 Å². The molecule has 0 aromatic carbocycles. The highest BCUT2D eigenvalue weighted by Crippen LogP contribution is 2.39. The second kappa shape index (κ2) is 6.57. The number of urea groups is 1. The number of allylic oxidation sites excluding steroid dienone is 1. The van der Waals surface area contributed by atoms with Crippen molar-refractivity contribution in [2.75, 3.05) is 31.1 Å². The maximum Gasteiger partial charge on any atom is 0.320 e. The number of likely N-dealkylation sites (tertiary alicyclic amines) is 2. The van der Waals surface area contributed by atoms with Crippen LogP contribution in [0.1, 0.15) is 39.5 Å². The SMILES string of the molecule is CC1(C)CCN(C(=O)N2CCC[C@@H](C3NC=C4C=Nc5[nH]ccc5N43)C2)CC1. The highest BCUT2D eigenvalue weighted by Gasteiger charge is 2.39. The predicted octanol–water partition coefficient (Wildman–Crippen LogP) is 3.26. The molecule has 0 aliphatic carbocycles. The smallest absolute Gasteiger partial charge is 0.320 e. The number of carbonyl (C=O) groups excluding carboxylic acids is 1. The van der Waals surface area contributed by atoms with Crippen LogP contribution in [0.15, 0.2) is 29.2 Å². The summed E-state index contributed by atoms with van der Waals surface area (Å²) in [6.07, 6.45) is 10.5. The first kappa shape index (κ1) is 17.6. The van der Waals surface area contributed by atoms with Gasteiger partial charge in [-0.2, -0.15) is 0 Å². The van der Waals surface area contributed by atoms with Gasteiger partial charge in [-0.3, -0.25) is 0 Å². The molecule has 0 bridgehead atoms. The molecule has 4 aliphatic heterocycles. The topological polar surface area (TPSA) is 67.0 Å². The third kappa shape index (κ3) is 2.97. The Bertz CT molecular complexity index is 815. The Morgan fingerprint density at radius 1 is 1.21 bits per heavy atom. The lowest BCUT2D eigenvalue weighted by Gasteiger charge is -2.43. The van der Waals surface area contributed by atoms with Gasteiger partial charge in [0.25, 0.3) is 0 Å². The summed E-state index contributed by atoms with van der Waals surface area (Å²) < 4.78 is 0. The number of rotatable bonds is 1. The van der Waals surface area contributed by atoms with E-state index in [1.54, 1.807) is 0 Å². The zero-order valence-electron chi connectivity index (χ0n) is 16.8. The van der Waals surface area contributed by atoms with E-state index in [1.807, 2.05) is 12.4 Å². The molecule has 1 aromatic rings. The fourth-order valence-corrected chi connectivity index (χ4v) is 4.94. The number of fused-ring (bicyclic) bond motifs is 3. The number of hydrogen-bond acceptors (Lipinski definition) is 4. The minimum Gasteiger partial charge on any atom is -0.369 e. The van der Waals surface area contributed by atoms with Crippen molar-refractivity contribution >= 4 is 23.8 Å². The largest absolute Gasteiger partial charge is 0.369 e. The minimum atomic E-state index is 0.173. The van der Waals surface area contributed by atoms with E-state index in [4.69, 9.17) is 0 Å². The molecule has 0 radical (unpaired) electrons. The Morgan fingerprint density at radius 2 is 2.04 bits per heavy atom. The van der Waals surface area contributed by atoms with E-state index < -0.39 is 0 Å². The quantitative estimate of drug-likeness (QED) is 0.783. The van der Waals surface area contributed by atoms with E-state index in [2.05, 4.69) is 56.1 Å². The van der Waals surface area contributed by atoms with E-state index in [-0.39, 0.29) is 12.2 Å². The van der Waals surface area contributed by atoms with Crippen molar-refractivity contribution < 1.29 is 4.79 Å². The first-order valence-electron chi connectivity index (χ1n) is 10.5. The fourth-order valence-electron chi connectivity index (χ4n) is 4.94. The lowest BCUT2D eigenvalue weighted by Crippen LogP contribution is -2.55. The average molecular weight is 383 g/mol. The summed E-state index contributed by atoms with van der Waals surface area (Å²) in [5.74, 6) is 1.30. The number of aliphatic imine (C=N–C) groups is 1. The lowest BCUT2D eigenvalue weighted by atomic mass is 9.83. The average Bonchev–Trinajstić information content (AvgIpc) is 3.33. The van der Waals surface area contributed by atoms with E-state index in [0.717, 1.165) is 69.1 Å². The van der Waals surface area contributed by atoms with E-state index in [0.29, 0.717) is 11.3 Å². The number of aromatic nitrogens is 1. The van der Waals surface area contributed by atoms with Crippen LogP contribution < -0.4 is 10.2 Å². The van der Waals surface area contributed by atoms with Gasteiger partial charge in [0.2, 0.25) is 0 Å². The van der Waals surface area contributed by atoms with Gasteiger partial charge in [-0.1, -0.05) is 13.8 Å². The van der Waals surface area contributed by atoms with Crippen LogP contribution in [0.3, 0.4) is 0 Å². The van der Waals surface area contributed by atoms with Crippen LogP contribution in [0.4, 0.5) is 16.3 Å². The molecule has 2 atom stereocenters. The number of hydrogen-bond donors (Lipinski definition) is 2. The van der Waals surface area contributed by atoms with Gasteiger partial charge >= 0.3 is 6.03 Å². The predicted molar refractivity (Wildman–Crippen MR) is 111 cm³/mol. The number of anilines is 1. The zero-order chi connectivity index (χ0) is 19.3. The number of piperidine rings is 2. The standard InChI is InChI=1S/C21H30N6O/c1-21(2)6-10-25(11-7-21)20(28)26-9-3-4-15(14-26)19-24-13-16-12-23-18-17(27(16)19)5-8-22-18/h5,8,12-13,15,19,22,24H,3-4,6-7,9-11,14H2,1-2H3/t15-,19?/m1/s1. The van der Waals surface area contributed by atoms with Gasteiger partial charge in [0.05, 0.1) is 17.6 Å². The van der Waals surface area contributed by atoms with Crippen molar-refractivity contribution in [3.63, 3.8) is 0 Å². The number of aromatic amines is 1. The first-order chi connectivity index (χ1) is 13.5. The zero-order valence-corrected chi connectivity index (χ0v) is 16.8. The normalized spacial score (nSPS) is 28.5. The van der Waals surface area contributed by atoms with Crippen LogP contribution in [0.2, 0.25) is 0 Å². The summed E-state index contributed by atoms with van der Waals surface area (Å²) in [7, 11) is 0. The van der Waals surface area contributed by atoms with E-state index >= 15 is 0 Å². The molecule has 5 rings (SSSR count). The monoisotopic (exact) mass is 382 g/mol. The van der Waals surface area contributed by atoms with Crippen LogP contribution in [-0.2, 0) is 0 Å². The molecule has 0 spiro atoms. The van der Waals surface area contributed by atoms with Crippen LogP contribution in [0.25, 0.3) is 0 Å². The van der Waals surface area contributed by atoms with E-state index in [1.165, 1.54) is 0 Å². The molecule has 2 fully saturated rings. The molecular formula is C21H30N6O. The molecule has 7 nitrogen and oxygen atoms in total. The Kier molecular flexibility index (Phi) is 4.14. The van der Waals surface area contributed by atoms with Gasteiger partial charge in [0.15, 0.2) is 5.82 Å². The second-order valence-electron chi connectivity index (χ2n) is 9.30. The van der Waals surface area contributed by atoms with Crippen molar-refractivity contribution in [1.82, 2.24) is 20.1 Å². The maximum atomic E-state index is 13.1. The highest BCUT2D eigenvalue weighted by atomic mass is 16.2. The number of carbonyl (C=O) groups is 1. The van der Waals surface area contributed by atoms with Crippen molar-refractivity contribution in [2.24, 2.45) is 16.3 Å². The lowest BCUT2D eigenvalue weighted by molar-refractivity contribution is 0.0934. The first-order valence-corrected chi connectivity index (χ1v) is 10.5. The van der Waals surface area contributed by atoms with Gasteiger partial charge < -0.3 is 25.0 Å². The molecule has 5 heterocycles. The Morgan fingerprint density at radius 3 is 2.86 bits per heavy atom. The Labute approximate surface area is 166 Å². The van der Waals surface area contributed by atoms with Gasteiger partial charge in [0, 0.05) is 44.5 Å². The van der Waals surface area contributed by atoms with Crippen LogP contribution in [0, 0.1) is 11.3 Å². The molecule has 7 heteroatoms. The molecule has 0 saturated carbocycles. The summed E-state index contributed by atoms with van der Waals surface area (Å²) in [5.41, 5.74) is 2.57. The molecule has 2 saturated heterocycles. The maximum absolute atomic E-state index is 13.1. The van der Waals surface area contributed by atoms with Gasteiger partial charge in [-0.15, -0.1) is 0 Å². The molecule has 1 unspecified atom stereocenters. The number of nitrogens with zero attached hydrogens (tertiary/aromatic N) is 4. The highest BCUT2D eigenvalue weighted by molar-refractivity contribution is 5.93. The summed E-state index contributed by atoms with van der Waals surface area (Å²) in [4.78, 5) is 27.3. The minimum absolute atomic E-state index is 0.173. The van der Waals surface area contributed by atoms with Crippen molar-refractivity contribution in [3.05, 3.63) is 24.2 Å². The number of amides is 2. The number of nitrogens with one attached hydrogen (secondary N) is 2. The van der Waals surface area contributed by atoms with Gasteiger partial charge in [-0.05, 0) is 37.2 Å². The molecule has 28 heavy (non-hydrogen) atoms. The van der Waals surface area contributed by atoms with Gasteiger partial charge in [-0.25, -0.2) is 9.79 Å². The van der Waals surface area contributed by atoms with Crippen molar-refractivity contribution in [3.8, 4) is 0 Å². The van der Waals surface area contributed by atoms with Crippen molar-refractivity contribution in [2.45, 2.75) is 45.7 Å². The Hall–Kier alpha value is -2.44. The van der Waals surface area contributed by atoms with Crippen LogP contribution >= 0.6 is 0 Å². The molecule has 2 amide bonds. The Balaban J connectivity index is 1.28. The second-order valence-corrected chi connectivity index (χ2v) is 9.30. The summed E-state index contributed by atoms with van der Waals surface area (Å²) in [6.45, 7) is 8.06. The van der Waals surface area contributed by atoms with Crippen LogP contribution in [0.5, 0.6) is 0 Å². The summed E-state index contributed by atoms with van der Waals surface area (Å²) in [6, 6.07) is 2.31. The molecule has 1 aromatic heterocycles. The number of H-pyrrole nitrogens is 1. The summed E-state index contributed by atoms with van der Waals surface area (Å²) >= 11 is 0. The van der Waals surface area contributed by atoms with E-state index in [9.17, 15) is 4.79 Å². The molecule has 150 valence electrons. The molecular weight excluding hydrogens is 352 g/mol. The fraction of sp³-hybridized carbons (Fsp3) is 0.619. The van der Waals surface area contributed by atoms with Gasteiger partial charge in [0.1, 0.15) is 6.17 Å². The third-order valence-electron chi connectivity index (χ3n) is 6.81. The summed E-state index contributed by atoms with van der Waals surface area (Å²) in [5, 5.41) is 3.56. The third-order valence-corrected chi connectivity index (χ3v) is 6.81. The van der Waals surface area contributed by atoms with Crippen LogP contribution in [-0.4, -0.2) is 59.4 Å². The molecule has 4 aliphatic rings.